The van der Waals surface area contributed by atoms with Gasteiger partial charge in [-0.1, -0.05) is 0 Å². The maximum absolute atomic E-state index is 11.9. The Morgan fingerprint density at radius 3 is 2.29 bits per heavy atom. The largest absolute Gasteiger partial charge is 0.505 e. The lowest BCUT2D eigenvalue weighted by Crippen LogP contribution is -2.20. The summed E-state index contributed by atoms with van der Waals surface area (Å²) in [5.41, 5.74) is -0.775. The van der Waals surface area contributed by atoms with Crippen LogP contribution in [0.15, 0.2) is 12.1 Å². The molecule has 0 heterocycles. The fourth-order valence-electron chi connectivity index (χ4n) is 0.508. The topological polar surface area (TPSA) is 34.1 Å². The molecule has 0 atom stereocenters. The van der Waals surface area contributed by atoms with Crippen molar-refractivity contribution in [2.24, 2.45) is 0 Å². The van der Waals surface area contributed by atoms with Crippen LogP contribution in [0, 0.1) is 0 Å². The molecule has 0 aromatic carbocycles. The van der Waals surface area contributed by atoms with Gasteiger partial charge < -0.3 is 12.9 Å². The third-order valence-corrected chi connectivity index (χ3v) is 3.62. The summed E-state index contributed by atoms with van der Waals surface area (Å²) in [5.74, 6) is -0.182. The van der Waals surface area contributed by atoms with E-state index in [0.29, 0.717) is 0 Å². The molecule has 0 amide bonds. The van der Waals surface area contributed by atoms with Crippen LogP contribution in [0.2, 0.25) is 0 Å². The van der Waals surface area contributed by atoms with Crippen LogP contribution in [0.3, 0.4) is 0 Å². The van der Waals surface area contributed by atoms with Crippen molar-refractivity contribution in [2.45, 2.75) is 0 Å². The molecule has 0 aliphatic carbocycles. The summed E-state index contributed by atoms with van der Waals surface area (Å²) in [4.78, 5) is 0. The second-order valence-electron chi connectivity index (χ2n) is 2.92. The predicted molar refractivity (Wildman–Crippen MR) is 55.3 cm³/mol. The van der Waals surface area contributed by atoms with Crippen molar-refractivity contribution < 1.29 is 21.4 Å². The summed E-state index contributed by atoms with van der Waals surface area (Å²) in [6, 6.07) is 0. The fourth-order valence-corrected chi connectivity index (χ4v) is 2.79. The van der Waals surface area contributed by atoms with Gasteiger partial charge in [-0.3, -0.25) is 0 Å². The molecular weight excluding hydrogens is 236 g/mol. The minimum atomic E-state index is -4.98. The standard InChI is InChI=1S/C6H11BF3O2S2/c1-6(7(8,9)10)5-13-3-4-14(2,11)12/h1,3-5H2,2H3/q-1. The molecule has 0 fully saturated rings. The monoisotopic (exact) mass is 247 g/mol. The van der Waals surface area contributed by atoms with Crippen LogP contribution in [-0.2, 0) is 9.84 Å². The molecule has 84 valence electrons. The first-order valence-corrected chi connectivity index (χ1v) is 6.97. The highest BCUT2D eigenvalue weighted by Gasteiger charge is 2.26. The van der Waals surface area contributed by atoms with Crippen LogP contribution in [0.1, 0.15) is 0 Å². The van der Waals surface area contributed by atoms with Crippen molar-refractivity contribution in [3.05, 3.63) is 12.1 Å². The Hall–Kier alpha value is -0.105. The van der Waals surface area contributed by atoms with E-state index in [-0.39, 0.29) is 17.3 Å². The first-order valence-electron chi connectivity index (χ1n) is 3.76. The molecule has 14 heavy (non-hydrogen) atoms. The molecule has 0 rings (SSSR count). The highest BCUT2D eigenvalue weighted by molar-refractivity contribution is 8.00. The number of thioether (sulfide) groups is 1. The van der Waals surface area contributed by atoms with Crippen molar-refractivity contribution in [2.75, 3.05) is 23.5 Å². The van der Waals surface area contributed by atoms with Crippen LogP contribution in [-0.4, -0.2) is 38.9 Å². The third kappa shape index (κ3) is 7.31. The van der Waals surface area contributed by atoms with Gasteiger partial charge in [0.25, 0.3) is 0 Å². The normalized spacial score (nSPS) is 12.9. The minimum absolute atomic E-state index is 0.101. The van der Waals surface area contributed by atoms with Gasteiger partial charge in [0.05, 0.1) is 5.75 Å². The Bertz CT molecular complexity index is 297. The Kier molecular flexibility index (Phi) is 5.07. The van der Waals surface area contributed by atoms with E-state index >= 15 is 0 Å². The van der Waals surface area contributed by atoms with E-state index in [1.165, 1.54) is 0 Å². The Balaban J connectivity index is 3.72. The van der Waals surface area contributed by atoms with E-state index in [1.807, 2.05) is 0 Å². The van der Waals surface area contributed by atoms with Crippen molar-refractivity contribution in [3.8, 4) is 0 Å². The SMILES string of the molecule is C=C(CSCCS(C)(=O)=O)[B-](F)(F)F. The summed E-state index contributed by atoms with van der Waals surface area (Å²) < 4.78 is 57.1. The van der Waals surface area contributed by atoms with Gasteiger partial charge in [-0.05, 0) is 5.75 Å². The molecule has 0 saturated carbocycles. The fraction of sp³-hybridized carbons (Fsp3) is 0.667. The zero-order chi connectivity index (χ0) is 11.4. The van der Waals surface area contributed by atoms with Crippen molar-refractivity contribution in [3.63, 3.8) is 0 Å². The second kappa shape index (κ2) is 5.11. The number of hydrogen-bond acceptors (Lipinski definition) is 3. The van der Waals surface area contributed by atoms with Crippen LogP contribution in [0.4, 0.5) is 12.9 Å². The molecule has 0 aliphatic rings. The summed E-state index contributed by atoms with van der Waals surface area (Å²) in [5, 5.41) is 0. The minimum Gasteiger partial charge on any atom is -0.445 e. The number of hydrogen-bond donors (Lipinski definition) is 0. The maximum atomic E-state index is 11.9. The molecule has 0 saturated heterocycles. The zero-order valence-corrected chi connectivity index (χ0v) is 9.31. The highest BCUT2D eigenvalue weighted by Crippen LogP contribution is 2.21. The van der Waals surface area contributed by atoms with Crippen LogP contribution in [0.5, 0.6) is 0 Å². The molecule has 0 unspecified atom stereocenters. The molecule has 0 radical (unpaired) electrons. The third-order valence-electron chi connectivity index (χ3n) is 1.35. The predicted octanol–water partition coefficient (Wildman–Crippen LogP) is 1.71. The molecule has 8 heteroatoms. The van der Waals surface area contributed by atoms with Gasteiger partial charge in [0, 0.05) is 12.0 Å². The summed E-state index contributed by atoms with van der Waals surface area (Å²) in [6.45, 7) is -2.09. The average molecular weight is 247 g/mol. The van der Waals surface area contributed by atoms with E-state index in [4.69, 9.17) is 0 Å². The Morgan fingerprint density at radius 1 is 1.43 bits per heavy atom. The van der Waals surface area contributed by atoms with E-state index in [2.05, 4.69) is 6.58 Å². The van der Waals surface area contributed by atoms with Crippen LogP contribution in [0.25, 0.3) is 0 Å². The summed E-state index contributed by atoms with van der Waals surface area (Å²) in [6.07, 6.45) is 1.05. The number of sulfone groups is 1. The number of halogens is 3. The van der Waals surface area contributed by atoms with Gasteiger partial charge in [-0.25, -0.2) is 8.42 Å². The molecule has 0 spiro atoms. The van der Waals surface area contributed by atoms with Crippen molar-refractivity contribution in [1.29, 1.82) is 0 Å². The average Bonchev–Trinajstić information content (AvgIpc) is 1.93. The van der Waals surface area contributed by atoms with Crippen LogP contribution < -0.4 is 0 Å². The Morgan fingerprint density at radius 2 is 1.93 bits per heavy atom. The first kappa shape index (κ1) is 13.9. The molecule has 0 aromatic heterocycles. The van der Waals surface area contributed by atoms with Gasteiger partial charge in [0.2, 0.25) is 0 Å². The first-order chi connectivity index (χ1) is 6.13. The zero-order valence-electron chi connectivity index (χ0n) is 7.67. The molecule has 0 aliphatic heterocycles. The molecule has 2 nitrogen and oxygen atoms in total. The van der Waals surface area contributed by atoms with E-state index < -0.39 is 22.3 Å². The number of rotatable bonds is 6. The lowest BCUT2D eigenvalue weighted by atomic mass is 9.82. The quantitative estimate of drug-likeness (QED) is 0.529. The van der Waals surface area contributed by atoms with Gasteiger partial charge in [-0.15, -0.1) is 12.1 Å². The summed E-state index contributed by atoms with van der Waals surface area (Å²) >= 11 is 0.932. The van der Waals surface area contributed by atoms with E-state index in [0.717, 1.165) is 18.0 Å². The summed E-state index contributed by atoms with van der Waals surface area (Å²) in [7, 11) is -3.08. The van der Waals surface area contributed by atoms with Gasteiger partial charge >= 0.3 is 6.98 Å². The lowest BCUT2D eigenvalue weighted by Gasteiger charge is -2.16. The van der Waals surface area contributed by atoms with Crippen LogP contribution >= 0.6 is 11.8 Å². The molecule has 0 aromatic rings. The lowest BCUT2D eigenvalue weighted by molar-refractivity contribution is 0.491. The van der Waals surface area contributed by atoms with E-state index in [9.17, 15) is 21.4 Å². The van der Waals surface area contributed by atoms with Gasteiger partial charge in [0.1, 0.15) is 9.84 Å². The highest BCUT2D eigenvalue weighted by atomic mass is 32.2. The Labute approximate surface area is 85.9 Å². The van der Waals surface area contributed by atoms with Gasteiger partial charge in [0.15, 0.2) is 0 Å². The van der Waals surface area contributed by atoms with Crippen molar-refractivity contribution in [1.82, 2.24) is 0 Å². The van der Waals surface area contributed by atoms with E-state index in [1.54, 1.807) is 0 Å². The smallest absolute Gasteiger partial charge is 0.445 e. The molecule has 0 bridgehead atoms. The second-order valence-corrected chi connectivity index (χ2v) is 6.28. The maximum Gasteiger partial charge on any atom is 0.505 e. The molecular formula is C6H11BF3O2S2-. The molecule has 0 N–H and O–H groups in total. The van der Waals surface area contributed by atoms with Crippen molar-refractivity contribution >= 4 is 28.6 Å². The van der Waals surface area contributed by atoms with Gasteiger partial charge in [-0.2, -0.15) is 11.8 Å².